The Balaban J connectivity index is 1.94. The van der Waals surface area contributed by atoms with E-state index in [9.17, 15) is 20.4 Å². The molecule has 0 bridgehead atoms. The molecule has 1 unspecified atom stereocenters. The Morgan fingerprint density at radius 2 is 1.50 bits per heavy atom. The van der Waals surface area contributed by atoms with Crippen LogP contribution in [0.25, 0.3) is 0 Å². The molecule has 40 heavy (non-hydrogen) atoms. The monoisotopic (exact) mass is 570 g/mol. The van der Waals surface area contributed by atoms with Gasteiger partial charge in [0.05, 0.1) is 13.7 Å². The molecule has 3 rings (SSSR count). The molecule has 0 amide bonds. The first-order valence-electron chi connectivity index (χ1n) is 14.0. The van der Waals surface area contributed by atoms with Crippen molar-refractivity contribution >= 4 is 8.07 Å². The zero-order chi connectivity index (χ0) is 29.8. The maximum absolute atomic E-state index is 10.9. The van der Waals surface area contributed by atoms with E-state index in [0.717, 1.165) is 16.7 Å². The van der Waals surface area contributed by atoms with Crippen LogP contribution < -0.4 is 4.74 Å². The van der Waals surface area contributed by atoms with Gasteiger partial charge in [-0.3, -0.25) is 0 Å². The van der Waals surface area contributed by atoms with Crippen LogP contribution in [-0.2, 0) is 21.7 Å². The van der Waals surface area contributed by atoms with Crippen molar-refractivity contribution < 1.29 is 34.6 Å². The van der Waals surface area contributed by atoms with Gasteiger partial charge >= 0.3 is 0 Å². The van der Waals surface area contributed by atoms with Crippen molar-refractivity contribution in [3.05, 3.63) is 64.7 Å². The van der Waals surface area contributed by atoms with Gasteiger partial charge in [-0.15, -0.1) is 5.54 Å². The molecule has 0 spiro atoms. The summed E-state index contributed by atoms with van der Waals surface area (Å²) in [4.78, 5) is 0. The average Bonchev–Trinajstić information content (AvgIpc) is 2.93. The first-order chi connectivity index (χ1) is 18.9. The summed E-state index contributed by atoms with van der Waals surface area (Å²) in [6.07, 6.45) is -5.24. The number of hydrogen-bond acceptors (Lipinski definition) is 7. The van der Waals surface area contributed by atoms with E-state index in [1.807, 2.05) is 12.1 Å². The van der Waals surface area contributed by atoms with Gasteiger partial charge in [0, 0.05) is 24.7 Å². The van der Waals surface area contributed by atoms with Crippen molar-refractivity contribution in [3.8, 4) is 17.2 Å². The highest BCUT2D eigenvalue weighted by Crippen LogP contribution is 2.42. The van der Waals surface area contributed by atoms with Gasteiger partial charge in [0.2, 0.25) is 5.79 Å². The molecule has 1 saturated heterocycles. The van der Waals surface area contributed by atoms with Crippen molar-refractivity contribution in [2.45, 2.75) is 94.8 Å². The molecule has 4 N–H and O–H groups in total. The van der Waals surface area contributed by atoms with Gasteiger partial charge in [-0.2, -0.15) is 0 Å². The molecule has 1 fully saturated rings. The molecule has 1 heterocycles. The van der Waals surface area contributed by atoms with Gasteiger partial charge < -0.3 is 34.6 Å². The summed E-state index contributed by atoms with van der Waals surface area (Å²) in [6.45, 7) is 13.3. The summed E-state index contributed by atoms with van der Waals surface area (Å²) in [5, 5.41) is 41.3. The molecule has 5 atom stereocenters. The van der Waals surface area contributed by atoms with E-state index in [1.54, 1.807) is 25.3 Å². The lowest BCUT2D eigenvalue weighted by Gasteiger charge is -2.47. The molecule has 220 valence electrons. The fourth-order valence-electron chi connectivity index (χ4n) is 6.34. The predicted octanol–water partition coefficient (Wildman–Crippen LogP) is 4.13. The molecule has 1 aliphatic rings. The predicted molar refractivity (Wildman–Crippen MR) is 159 cm³/mol. The molecule has 7 nitrogen and oxygen atoms in total. The highest BCUT2D eigenvalue weighted by Gasteiger charge is 2.55. The number of ether oxygens (including phenoxy) is 3. The quantitative estimate of drug-likeness (QED) is 0.265. The maximum atomic E-state index is 10.9. The van der Waals surface area contributed by atoms with Crippen LogP contribution >= 0.6 is 0 Å². The summed E-state index contributed by atoms with van der Waals surface area (Å²) in [5.41, 5.74) is 8.76. The first-order valence-corrected chi connectivity index (χ1v) is 16.3. The van der Waals surface area contributed by atoms with Gasteiger partial charge in [-0.05, 0) is 58.1 Å². The summed E-state index contributed by atoms with van der Waals surface area (Å²) >= 11 is 0. The molecule has 2 aromatic carbocycles. The van der Waals surface area contributed by atoms with Crippen LogP contribution in [0.3, 0.4) is 0 Å². The smallest absolute Gasteiger partial charge is 0.224 e. The van der Waals surface area contributed by atoms with Gasteiger partial charge in [0.25, 0.3) is 0 Å². The zero-order valence-electron chi connectivity index (χ0n) is 25.0. The van der Waals surface area contributed by atoms with Crippen LogP contribution in [-0.4, -0.2) is 73.7 Å². The lowest BCUT2D eigenvalue weighted by Crippen LogP contribution is -2.64. The molecule has 0 saturated carbocycles. The van der Waals surface area contributed by atoms with E-state index in [4.69, 9.17) is 14.2 Å². The third-order valence-electron chi connectivity index (χ3n) is 8.57. The highest BCUT2D eigenvalue weighted by molar-refractivity contribution is 6.90. The third-order valence-corrected chi connectivity index (χ3v) is 14.9. The van der Waals surface area contributed by atoms with Crippen LogP contribution in [0.15, 0.2) is 42.5 Å². The number of rotatable bonds is 9. The van der Waals surface area contributed by atoms with E-state index >= 15 is 0 Å². The SMILES string of the molecule is COc1ccc(C2(OC)O[C@H](CO)[C@@H](O)[C@H](O)[C@H]2O)cc1Cc1ccc(C#C[Si](C(C)C)(C(C)C)C(C)C)cc1. The Bertz CT molecular complexity index is 1160. The lowest BCUT2D eigenvalue weighted by atomic mass is 9.86. The summed E-state index contributed by atoms with van der Waals surface area (Å²) in [5.74, 6) is 2.35. The minimum absolute atomic E-state index is 0.433. The fourth-order valence-corrected chi connectivity index (χ4v) is 11.6. The van der Waals surface area contributed by atoms with Gasteiger partial charge in [-0.1, -0.05) is 59.6 Å². The van der Waals surface area contributed by atoms with Crippen molar-refractivity contribution in [2.75, 3.05) is 20.8 Å². The minimum atomic E-state index is -1.82. The third kappa shape index (κ3) is 6.02. The number of aliphatic hydroxyl groups is 4. The molecular formula is C32H46O7Si. The van der Waals surface area contributed by atoms with E-state index in [1.165, 1.54) is 7.11 Å². The Labute approximate surface area is 240 Å². The van der Waals surface area contributed by atoms with Crippen LogP contribution in [0, 0.1) is 11.5 Å². The van der Waals surface area contributed by atoms with Crippen molar-refractivity contribution in [3.63, 3.8) is 0 Å². The Morgan fingerprint density at radius 1 is 0.900 bits per heavy atom. The van der Waals surface area contributed by atoms with E-state index in [-0.39, 0.29) is 0 Å². The number of aliphatic hydroxyl groups excluding tert-OH is 4. The largest absolute Gasteiger partial charge is 0.496 e. The second kappa shape index (κ2) is 13.2. The summed E-state index contributed by atoms with van der Waals surface area (Å²) in [7, 11) is 1.11. The first kappa shape index (κ1) is 32.3. The second-order valence-electron chi connectivity index (χ2n) is 11.7. The van der Waals surface area contributed by atoms with Crippen LogP contribution in [0.4, 0.5) is 0 Å². The molecule has 8 heteroatoms. The number of benzene rings is 2. The van der Waals surface area contributed by atoms with E-state index in [2.05, 4.69) is 65.1 Å². The standard InChI is InChI=1S/C32H46O7Si/c1-20(2)40(21(3)4,22(5)6)16-15-23-9-11-24(12-10-23)17-25-18-26(13-14-27(25)37-7)32(38-8)31(36)30(35)29(34)28(19-33)39-32/h9-14,18,20-22,28-31,33-36H,17,19H2,1-8H3/t28-,29-,30+,31-,32?/m1/s1. The maximum Gasteiger partial charge on any atom is 0.224 e. The van der Waals surface area contributed by atoms with Gasteiger partial charge in [-0.25, -0.2) is 0 Å². The minimum Gasteiger partial charge on any atom is -0.496 e. The van der Waals surface area contributed by atoms with Crippen LogP contribution in [0.1, 0.15) is 63.8 Å². The molecule has 0 radical (unpaired) electrons. The lowest BCUT2D eigenvalue weighted by molar-refractivity contribution is -0.366. The van der Waals surface area contributed by atoms with Gasteiger partial charge in [0.15, 0.2) is 0 Å². The normalized spacial score (nSPS) is 25.3. The Hall–Kier alpha value is -2.22. The summed E-state index contributed by atoms with van der Waals surface area (Å²) in [6, 6.07) is 13.4. The fraction of sp³-hybridized carbons (Fsp3) is 0.562. The van der Waals surface area contributed by atoms with Crippen molar-refractivity contribution in [2.24, 2.45) is 0 Å². The van der Waals surface area contributed by atoms with Crippen molar-refractivity contribution in [1.29, 1.82) is 0 Å². The molecule has 1 aliphatic heterocycles. The average molecular weight is 571 g/mol. The summed E-state index contributed by atoms with van der Waals surface area (Å²) < 4.78 is 17.1. The Morgan fingerprint density at radius 3 is 2.00 bits per heavy atom. The zero-order valence-corrected chi connectivity index (χ0v) is 26.0. The van der Waals surface area contributed by atoms with E-state index < -0.39 is 44.9 Å². The van der Waals surface area contributed by atoms with Crippen molar-refractivity contribution in [1.82, 2.24) is 0 Å². The Kier molecular flexibility index (Phi) is 10.6. The van der Waals surface area contributed by atoms with Gasteiger partial charge in [0.1, 0.15) is 38.2 Å². The molecule has 0 aliphatic carbocycles. The second-order valence-corrected chi connectivity index (χ2v) is 17.3. The molecule has 0 aromatic heterocycles. The molecule has 2 aromatic rings. The number of methoxy groups -OCH3 is 2. The number of hydrogen-bond donors (Lipinski definition) is 4. The van der Waals surface area contributed by atoms with Crippen LogP contribution in [0.5, 0.6) is 5.75 Å². The molecular weight excluding hydrogens is 524 g/mol. The van der Waals surface area contributed by atoms with E-state index in [0.29, 0.717) is 34.4 Å². The highest BCUT2D eigenvalue weighted by atomic mass is 28.3. The van der Waals surface area contributed by atoms with Crippen LogP contribution in [0.2, 0.25) is 16.6 Å². The topological polar surface area (TPSA) is 109 Å².